The monoisotopic (exact) mass is 350 g/mol. The highest BCUT2D eigenvalue weighted by atomic mass is 79.9. The Kier molecular flexibility index (Phi) is 4.63. The lowest BCUT2D eigenvalue weighted by Crippen LogP contribution is -2.30. The van der Waals surface area contributed by atoms with Crippen molar-refractivity contribution < 1.29 is 9.18 Å². The molecular formula is C16H16BrFN2O. The Balaban J connectivity index is 2.29. The predicted molar refractivity (Wildman–Crippen MR) is 85.5 cm³/mol. The van der Waals surface area contributed by atoms with E-state index in [1.807, 2.05) is 25.1 Å². The van der Waals surface area contributed by atoms with E-state index in [2.05, 4.69) is 15.9 Å². The van der Waals surface area contributed by atoms with Crippen LogP contribution in [-0.2, 0) is 0 Å². The van der Waals surface area contributed by atoms with Crippen molar-refractivity contribution >= 4 is 27.5 Å². The zero-order chi connectivity index (χ0) is 15.6. The first-order chi connectivity index (χ1) is 9.91. The molecule has 0 spiro atoms. The largest absolute Gasteiger partial charge is 0.399 e. The zero-order valence-electron chi connectivity index (χ0n) is 11.8. The molecule has 5 heteroatoms. The van der Waals surface area contributed by atoms with Crippen LogP contribution in [0.4, 0.5) is 10.1 Å². The number of nitrogens with two attached hydrogens (primary N) is 1. The average Bonchev–Trinajstić information content (AvgIpc) is 2.48. The Morgan fingerprint density at radius 1 is 1.29 bits per heavy atom. The molecule has 0 aliphatic heterocycles. The SMILES string of the molecule is CC(c1cccc(N)c1)N(C)C(=O)c1cccc(Br)c1F. The Labute approximate surface area is 131 Å². The van der Waals surface area contributed by atoms with Crippen LogP contribution in [0.2, 0.25) is 0 Å². The first kappa shape index (κ1) is 15.5. The molecule has 0 radical (unpaired) electrons. The number of hydrogen-bond acceptors (Lipinski definition) is 2. The summed E-state index contributed by atoms with van der Waals surface area (Å²) >= 11 is 3.09. The van der Waals surface area contributed by atoms with Gasteiger partial charge in [0.25, 0.3) is 5.91 Å². The van der Waals surface area contributed by atoms with E-state index in [9.17, 15) is 9.18 Å². The molecule has 0 saturated heterocycles. The minimum Gasteiger partial charge on any atom is -0.399 e. The van der Waals surface area contributed by atoms with Crippen LogP contribution in [0.5, 0.6) is 0 Å². The van der Waals surface area contributed by atoms with E-state index in [4.69, 9.17) is 5.73 Å². The van der Waals surface area contributed by atoms with Gasteiger partial charge in [0.05, 0.1) is 16.1 Å². The number of nitrogen functional groups attached to an aromatic ring is 1. The highest BCUT2D eigenvalue weighted by Crippen LogP contribution is 2.25. The molecule has 2 rings (SSSR count). The third-order valence-electron chi connectivity index (χ3n) is 3.48. The maximum Gasteiger partial charge on any atom is 0.257 e. The van der Waals surface area contributed by atoms with Crippen molar-refractivity contribution in [3.63, 3.8) is 0 Å². The quantitative estimate of drug-likeness (QED) is 0.850. The fourth-order valence-electron chi connectivity index (χ4n) is 2.08. The van der Waals surface area contributed by atoms with Crippen LogP contribution in [-0.4, -0.2) is 17.9 Å². The van der Waals surface area contributed by atoms with Gasteiger partial charge in [0.2, 0.25) is 0 Å². The van der Waals surface area contributed by atoms with E-state index in [-0.39, 0.29) is 22.0 Å². The molecule has 0 aliphatic rings. The highest BCUT2D eigenvalue weighted by molar-refractivity contribution is 9.10. The highest BCUT2D eigenvalue weighted by Gasteiger charge is 2.22. The van der Waals surface area contributed by atoms with E-state index in [1.165, 1.54) is 11.0 Å². The molecule has 0 saturated carbocycles. The summed E-state index contributed by atoms with van der Waals surface area (Å²) in [7, 11) is 1.65. The van der Waals surface area contributed by atoms with Crippen molar-refractivity contribution in [2.75, 3.05) is 12.8 Å². The molecule has 21 heavy (non-hydrogen) atoms. The summed E-state index contributed by atoms with van der Waals surface area (Å²) < 4.78 is 14.3. The molecule has 0 aromatic heterocycles. The van der Waals surface area contributed by atoms with E-state index in [0.717, 1.165) is 5.56 Å². The molecule has 2 aromatic rings. The summed E-state index contributed by atoms with van der Waals surface area (Å²) in [6.45, 7) is 1.88. The van der Waals surface area contributed by atoms with Gasteiger partial charge in [-0.05, 0) is 52.7 Å². The number of hydrogen-bond donors (Lipinski definition) is 1. The van der Waals surface area contributed by atoms with Gasteiger partial charge in [-0.15, -0.1) is 0 Å². The number of carbonyl (C=O) groups excluding carboxylic acids is 1. The van der Waals surface area contributed by atoms with Gasteiger partial charge in [-0.25, -0.2) is 4.39 Å². The molecule has 1 unspecified atom stereocenters. The predicted octanol–water partition coefficient (Wildman–Crippen LogP) is 4.00. The van der Waals surface area contributed by atoms with Crippen molar-refractivity contribution in [3.8, 4) is 0 Å². The second-order valence-corrected chi connectivity index (χ2v) is 5.72. The average molecular weight is 351 g/mol. The van der Waals surface area contributed by atoms with Gasteiger partial charge in [-0.3, -0.25) is 4.79 Å². The number of rotatable bonds is 3. The van der Waals surface area contributed by atoms with Crippen molar-refractivity contribution in [1.82, 2.24) is 4.90 Å². The van der Waals surface area contributed by atoms with E-state index >= 15 is 0 Å². The fraction of sp³-hybridized carbons (Fsp3) is 0.188. The third kappa shape index (κ3) is 3.24. The Hall–Kier alpha value is -1.88. The van der Waals surface area contributed by atoms with Gasteiger partial charge >= 0.3 is 0 Å². The molecule has 2 aromatic carbocycles. The van der Waals surface area contributed by atoms with E-state index in [0.29, 0.717) is 5.69 Å². The number of carbonyl (C=O) groups is 1. The topological polar surface area (TPSA) is 46.3 Å². The van der Waals surface area contributed by atoms with Gasteiger partial charge in [0.15, 0.2) is 0 Å². The van der Waals surface area contributed by atoms with E-state index in [1.54, 1.807) is 25.2 Å². The minimum absolute atomic E-state index is 0.0441. The maximum atomic E-state index is 14.0. The molecule has 1 amide bonds. The Bertz CT molecular complexity index is 675. The lowest BCUT2D eigenvalue weighted by Gasteiger charge is -2.26. The molecule has 0 aliphatic carbocycles. The Morgan fingerprint density at radius 2 is 1.95 bits per heavy atom. The number of benzene rings is 2. The van der Waals surface area contributed by atoms with Crippen LogP contribution < -0.4 is 5.73 Å². The van der Waals surface area contributed by atoms with Crippen LogP contribution in [0.15, 0.2) is 46.9 Å². The standard InChI is InChI=1S/C16H16BrFN2O/c1-10(11-5-3-6-12(19)9-11)20(2)16(21)13-7-4-8-14(17)15(13)18/h3-10H,19H2,1-2H3. The summed E-state index contributed by atoms with van der Waals surface area (Å²) in [4.78, 5) is 14.0. The number of nitrogens with zero attached hydrogens (tertiary/aromatic N) is 1. The Morgan fingerprint density at radius 3 is 2.62 bits per heavy atom. The second-order valence-electron chi connectivity index (χ2n) is 4.86. The summed E-state index contributed by atoms with van der Waals surface area (Å²) in [5.41, 5.74) is 7.34. The maximum absolute atomic E-state index is 14.0. The molecule has 110 valence electrons. The number of amides is 1. The number of anilines is 1. The lowest BCUT2D eigenvalue weighted by molar-refractivity contribution is 0.0737. The summed E-state index contributed by atoms with van der Waals surface area (Å²) in [5, 5.41) is 0. The number of halogens is 2. The molecule has 0 bridgehead atoms. The van der Waals surface area contributed by atoms with Crippen molar-refractivity contribution in [1.29, 1.82) is 0 Å². The molecule has 0 fully saturated rings. The van der Waals surface area contributed by atoms with Gasteiger partial charge in [0, 0.05) is 12.7 Å². The lowest BCUT2D eigenvalue weighted by atomic mass is 10.1. The fourth-order valence-corrected chi connectivity index (χ4v) is 2.44. The molecular weight excluding hydrogens is 335 g/mol. The van der Waals surface area contributed by atoms with Crippen molar-refractivity contribution in [2.45, 2.75) is 13.0 Å². The van der Waals surface area contributed by atoms with Gasteiger partial charge in [-0.1, -0.05) is 18.2 Å². The first-order valence-corrected chi connectivity index (χ1v) is 7.27. The summed E-state index contributed by atoms with van der Waals surface area (Å²) in [5.74, 6) is -0.919. The molecule has 3 nitrogen and oxygen atoms in total. The van der Waals surface area contributed by atoms with Gasteiger partial charge in [-0.2, -0.15) is 0 Å². The van der Waals surface area contributed by atoms with Gasteiger partial charge in [0.1, 0.15) is 5.82 Å². The molecule has 2 N–H and O–H groups in total. The van der Waals surface area contributed by atoms with Crippen molar-refractivity contribution in [3.05, 3.63) is 63.9 Å². The van der Waals surface area contributed by atoms with Crippen LogP contribution in [0.25, 0.3) is 0 Å². The minimum atomic E-state index is -0.547. The third-order valence-corrected chi connectivity index (χ3v) is 4.09. The molecule has 1 atom stereocenters. The summed E-state index contributed by atoms with van der Waals surface area (Å²) in [6, 6.07) is 11.8. The second kappa shape index (κ2) is 6.26. The smallest absolute Gasteiger partial charge is 0.257 e. The zero-order valence-corrected chi connectivity index (χ0v) is 13.4. The first-order valence-electron chi connectivity index (χ1n) is 6.48. The van der Waals surface area contributed by atoms with Gasteiger partial charge < -0.3 is 10.6 Å². The van der Waals surface area contributed by atoms with E-state index < -0.39 is 5.82 Å². The van der Waals surface area contributed by atoms with Crippen LogP contribution in [0.3, 0.4) is 0 Å². The van der Waals surface area contributed by atoms with Crippen LogP contribution >= 0.6 is 15.9 Å². The van der Waals surface area contributed by atoms with Crippen molar-refractivity contribution in [2.24, 2.45) is 0 Å². The molecule has 0 heterocycles. The summed E-state index contributed by atoms with van der Waals surface area (Å²) in [6.07, 6.45) is 0. The van der Waals surface area contributed by atoms with Crippen LogP contribution in [0, 0.1) is 5.82 Å². The van der Waals surface area contributed by atoms with Crippen LogP contribution in [0.1, 0.15) is 28.9 Å². The normalized spacial score (nSPS) is 12.0.